The normalized spacial score (nSPS) is 10.5. The molecule has 1 heterocycles. The summed E-state index contributed by atoms with van der Waals surface area (Å²) >= 11 is 6.10. The summed E-state index contributed by atoms with van der Waals surface area (Å²) in [5, 5.41) is 17.3. The van der Waals surface area contributed by atoms with Gasteiger partial charge in [-0.05, 0) is 41.5 Å². The smallest absolute Gasteiger partial charge is 0.269 e. The van der Waals surface area contributed by atoms with E-state index in [9.17, 15) is 14.9 Å². The van der Waals surface area contributed by atoms with E-state index >= 15 is 0 Å². The van der Waals surface area contributed by atoms with Crippen molar-refractivity contribution in [3.05, 3.63) is 92.9 Å². The highest BCUT2D eigenvalue weighted by Gasteiger charge is 2.10. The van der Waals surface area contributed by atoms with E-state index in [1.807, 2.05) is 24.3 Å². The molecule has 0 fully saturated rings. The summed E-state index contributed by atoms with van der Waals surface area (Å²) in [6.07, 6.45) is 1.83. The zero-order chi connectivity index (χ0) is 19.9. The summed E-state index contributed by atoms with van der Waals surface area (Å²) in [6, 6.07) is 15.3. The van der Waals surface area contributed by atoms with E-state index in [1.165, 1.54) is 18.2 Å². The van der Waals surface area contributed by atoms with Gasteiger partial charge >= 0.3 is 0 Å². The van der Waals surface area contributed by atoms with Gasteiger partial charge in [-0.2, -0.15) is 0 Å². The number of hydrogen-bond acceptors (Lipinski definition) is 5. The predicted molar refractivity (Wildman–Crippen MR) is 106 cm³/mol. The molecule has 2 N–H and O–H groups in total. The van der Waals surface area contributed by atoms with E-state index in [0.717, 1.165) is 11.3 Å². The minimum Gasteiger partial charge on any atom is -0.467 e. The van der Waals surface area contributed by atoms with Crippen molar-refractivity contribution in [3.8, 4) is 0 Å². The fourth-order valence-electron chi connectivity index (χ4n) is 2.59. The number of rotatable bonds is 8. The Kier molecular flexibility index (Phi) is 6.29. The van der Waals surface area contributed by atoms with Crippen LogP contribution in [0.15, 0.2) is 65.3 Å². The van der Waals surface area contributed by atoms with Crippen molar-refractivity contribution in [2.24, 2.45) is 0 Å². The number of amides is 1. The average Bonchev–Trinajstić information content (AvgIpc) is 3.20. The van der Waals surface area contributed by atoms with Crippen LogP contribution < -0.4 is 10.6 Å². The molecule has 3 aromatic rings. The molecule has 28 heavy (non-hydrogen) atoms. The van der Waals surface area contributed by atoms with Crippen molar-refractivity contribution in [3.63, 3.8) is 0 Å². The molecule has 0 unspecified atom stereocenters. The lowest BCUT2D eigenvalue weighted by molar-refractivity contribution is -0.384. The number of benzene rings is 2. The first-order chi connectivity index (χ1) is 13.5. The summed E-state index contributed by atoms with van der Waals surface area (Å²) in [6.45, 7) is 0.707. The van der Waals surface area contributed by atoms with Crippen LogP contribution in [0.4, 0.5) is 11.4 Å². The highest BCUT2D eigenvalue weighted by Crippen LogP contribution is 2.23. The van der Waals surface area contributed by atoms with E-state index < -0.39 is 4.92 Å². The zero-order valence-electron chi connectivity index (χ0n) is 14.9. The number of nitro groups is 1. The molecule has 0 bridgehead atoms. The van der Waals surface area contributed by atoms with Crippen molar-refractivity contribution in [2.75, 3.05) is 5.32 Å². The molecular weight excluding hydrogens is 382 g/mol. The number of carbonyl (C=O) groups excluding carboxylic acids is 1. The van der Waals surface area contributed by atoms with Crippen molar-refractivity contribution in [1.29, 1.82) is 0 Å². The van der Waals surface area contributed by atoms with Crippen LogP contribution >= 0.6 is 11.6 Å². The lowest BCUT2D eigenvalue weighted by atomic mass is 10.1. The third kappa shape index (κ3) is 5.34. The molecule has 1 aromatic heterocycles. The van der Waals surface area contributed by atoms with Gasteiger partial charge in [-0.1, -0.05) is 23.7 Å². The summed E-state index contributed by atoms with van der Waals surface area (Å²) < 4.78 is 5.17. The Labute approximate surface area is 166 Å². The molecule has 0 aliphatic carbocycles. The van der Waals surface area contributed by atoms with Gasteiger partial charge in [0, 0.05) is 29.4 Å². The van der Waals surface area contributed by atoms with Gasteiger partial charge in [0.15, 0.2) is 0 Å². The fraction of sp³-hybridized carbons (Fsp3) is 0.150. The topological polar surface area (TPSA) is 97.4 Å². The van der Waals surface area contributed by atoms with Crippen molar-refractivity contribution >= 4 is 28.9 Å². The predicted octanol–water partition coefficient (Wildman–Crippen LogP) is 4.31. The minimum atomic E-state index is -0.453. The maximum absolute atomic E-state index is 12.0. The largest absolute Gasteiger partial charge is 0.467 e. The summed E-state index contributed by atoms with van der Waals surface area (Å²) in [5.74, 6) is 0.605. The van der Waals surface area contributed by atoms with Crippen LogP contribution in [0.25, 0.3) is 0 Å². The van der Waals surface area contributed by atoms with E-state index in [-0.39, 0.29) is 18.0 Å². The molecule has 0 atom stereocenters. The number of carbonyl (C=O) groups is 1. The summed E-state index contributed by atoms with van der Waals surface area (Å²) in [5.41, 5.74) is 2.33. The van der Waals surface area contributed by atoms with Gasteiger partial charge in [-0.15, -0.1) is 0 Å². The van der Waals surface area contributed by atoms with Crippen LogP contribution in [0.1, 0.15) is 16.9 Å². The average molecular weight is 400 g/mol. The standard InChI is InChI=1S/C20H18ClN3O4/c21-19-8-7-17(24(26)27)11-15(19)12-22-16-5-3-14(4-6-16)10-20(25)23-13-18-2-1-9-28-18/h1-9,11,22H,10,12-13H2,(H,23,25). The Morgan fingerprint density at radius 3 is 2.57 bits per heavy atom. The number of non-ortho nitro benzene ring substituents is 1. The van der Waals surface area contributed by atoms with Crippen molar-refractivity contribution < 1.29 is 14.1 Å². The lowest BCUT2D eigenvalue weighted by Gasteiger charge is -2.09. The van der Waals surface area contributed by atoms with Gasteiger partial charge in [0.1, 0.15) is 5.76 Å². The molecule has 2 aromatic carbocycles. The second kappa shape index (κ2) is 9.05. The molecule has 7 nitrogen and oxygen atoms in total. The number of hydrogen-bond donors (Lipinski definition) is 2. The Morgan fingerprint density at radius 2 is 1.89 bits per heavy atom. The first kappa shape index (κ1) is 19.4. The SMILES string of the molecule is O=C(Cc1ccc(NCc2cc([N+](=O)[O-])ccc2Cl)cc1)NCc1ccco1. The van der Waals surface area contributed by atoms with Gasteiger partial charge in [-0.25, -0.2) is 0 Å². The van der Waals surface area contributed by atoms with Crippen LogP contribution in [0.2, 0.25) is 5.02 Å². The zero-order valence-corrected chi connectivity index (χ0v) is 15.6. The molecule has 0 spiro atoms. The molecule has 0 aliphatic heterocycles. The third-order valence-electron chi connectivity index (χ3n) is 4.08. The number of furan rings is 1. The highest BCUT2D eigenvalue weighted by atomic mass is 35.5. The monoisotopic (exact) mass is 399 g/mol. The fourth-order valence-corrected chi connectivity index (χ4v) is 2.78. The molecule has 3 rings (SSSR count). The Hall–Kier alpha value is -3.32. The molecule has 144 valence electrons. The quantitative estimate of drug-likeness (QED) is 0.434. The molecule has 1 amide bonds. The van der Waals surface area contributed by atoms with E-state index in [2.05, 4.69) is 10.6 Å². The molecule has 8 heteroatoms. The number of nitrogens with zero attached hydrogens (tertiary/aromatic N) is 1. The van der Waals surface area contributed by atoms with Crippen LogP contribution in [0, 0.1) is 10.1 Å². The first-order valence-corrected chi connectivity index (χ1v) is 8.94. The van der Waals surface area contributed by atoms with E-state index in [1.54, 1.807) is 18.4 Å². The number of halogens is 1. The molecule has 0 aliphatic rings. The van der Waals surface area contributed by atoms with Gasteiger partial charge in [-0.3, -0.25) is 14.9 Å². The van der Waals surface area contributed by atoms with Crippen molar-refractivity contribution in [1.82, 2.24) is 5.32 Å². The van der Waals surface area contributed by atoms with Gasteiger partial charge in [0.05, 0.1) is 24.2 Å². The Morgan fingerprint density at radius 1 is 1.11 bits per heavy atom. The second-order valence-corrected chi connectivity index (χ2v) is 6.52. The van der Waals surface area contributed by atoms with Crippen LogP contribution in [-0.4, -0.2) is 10.8 Å². The Balaban J connectivity index is 1.52. The molecule has 0 saturated heterocycles. The first-order valence-electron chi connectivity index (χ1n) is 8.56. The molecular formula is C20H18ClN3O4. The maximum Gasteiger partial charge on any atom is 0.269 e. The Bertz CT molecular complexity index is 956. The van der Waals surface area contributed by atoms with Gasteiger partial charge < -0.3 is 15.1 Å². The highest BCUT2D eigenvalue weighted by molar-refractivity contribution is 6.31. The van der Waals surface area contributed by atoms with Gasteiger partial charge in [0.2, 0.25) is 5.91 Å². The van der Waals surface area contributed by atoms with Gasteiger partial charge in [0.25, 0.3) is 5.69 Å². The second-order valence-electron chi connectivity index (χ2n) is 6.12. The number of nitro benzene ring substituents is 1. The van der Waals surface area contributed by atoms with Crippen molar-refractivity contribution in [2.45, 2.75) is 19.5 Å². The third-order valence-corrected chi connectivity index (χ3v) is 4.45. The number of nitrogens with one attached hydrogen (secondary N) is 2. The van der Waals surface area contributed by atoms with Crippen LogP contribution in [0.3, 0.4) is 0 Å². The molecule has 0 radical (unpaired) electrons. The summed E-state index contributed by atoms with van der Waals surface area (Å²) in [7, 11) is 0. The summed E-state index contributed by atoms with van der Waals surface area (Å²) in [4.78, 5) is 22.4. The lowest BCUT2D eigenvalue weighted by Crippen LogP contribution is -2.24. The number of anilines is 1. The van der Waals surface area contributed by atoms with Crippen LogP contribution in [0.5, 0.6) is 0 Å². The van der Waals surface area contributed by atoms with Crippen LogP contribution in [-0.2, 0) is 24.3 Å². The minimum absolute atomic E-state index is 0.00268. The van der Waals surface area contributed by atoms with E-state index in [0.29, 0.717) is 29.4 Å². The maximum atomic E-state index is 12.0. The van der Waals surface area contributed by atoms with E-state index in [4.69, 9.17) is 16.0 Å². The molecule has 0 saturated carbocycles.